The Morgan fingerprint density at radius 2 is 2.00 bits per heavy atom. The Balaban J connectivity index is 1.97. The molecule has 1 aromatic carbocycles. The van der Waals surface area contributed by atoms with E-state index in [9.17, 15) is 4.79 Å². The van der Waals surface area contributed by atoms with Crippen LogP contribution in [-0.2, 0) is 22.4 Å². The van der Waals surface area contributed by atoms with Crippen molar-refractivity contribution in [3.8, 4) is 0 Å². The van der Waals surface area contributed by atoms with Crippen molar-refractivity contribution in [2.24, 2.45) is 5.92 Å². The Morgan fingerprint density at radius 1 is 1.29 bits per heavy atom. The van der Waals surface area contributed by atoms with E-state index in [1.54, 1.807) is 7.05 Å². The number of rotatable bonds is 6. The second-order valence-corrected chi connectivity index (χ2v) is 6.10. The molecule has 116 valence electrons. The summed E-state index contributed by atoms with van der Waals surface area (Å²) in [4.78, 5) is 11.7. The minimum atomic E-state index is -0.264. The third-order valence-corrected chi connectivity index (χ3v) is 4.51. The number of methoxy groups -OCH3 is 1. The van der Waals surface area contributed by atoms with Gasteiger partial charge in [0.15, 0.2) is 0 Å². The van der Waals surface area contributed by atoms with Gasteiger partial charge < -0.3 is 10.1 Å². The highest BCUT2D eigenvalue weighted by molar-refractivity contribution is 5.76. The molecule has 21 heavy (non-hydrogen) atoms. The molecule has 0 unspecified atom stereocenters. The quantitative estimate of drug-likeness (QED) is 0.818. The van der Waals surface area contributed by atoms with E-state index in [1.807, 2.05) is 0 Å². The third-order valence-electron chi connectivity index (χ3n) is 4.51. The van der Waals surface area contributed by atoms with Crippen molar-refractivity contribution in [2.45, 2.75) is 51.0 Å². The molecule has 1 N–H and O–H groups in total. The van der Waals surface area contributed by atoms with Crippen molar-refractivity contribution in [1.82, 2.24) is 5.32 Å². The van der Waals surface area contributed by atoms with Gasteiger partial charge in [-0.3, -0.25) is 4.79 Å². The average molecular weight is 289 g/mol. The highest BCUT2D eigenvalue weighted by atomic mass is 16.5. The van der Waals surface area contributed by atoms with Crippen LogP contribution in [0.1, 0.15) is 43.2 Å². The molecule has 0 aliphatic heterocycles. The predicted molar refractivity (Wildman–Crippen MR) is 85.3 cm³/mol. The summed E-state index contributed by atoms with van der Waals surface area (Å²) in [5.41, 5.74) is 2.60. The first-order chi connectivity index (χ1) is 10.2. The second-order valence-electron chi connectivity index (χ2n) is 6.10. The molecule has 0 amide bonds. The number of esters is 1. The SMILES string of the molecule is CN[C@@H](Cc1cccc(CC2CCCCC2)c1)C(=O)OC. The Labute approximate surface area is 128 Å². The molecular weight excluding hydrogens is 262 g/mol. The summed E-state index contributed by atoms with van der Waals surface area (Å²) in [7, 11) is 3.24. The maximum atomic E-state index is 11.7. The zero-order valence-corrected chi connectivity index (χ0v) is 13.2. The van der Waals surface area contributed by atoms with Gasteiger partial charge in [-0.15, -0.1) is 0 Å². The Kier molecular flexibility index (Phi) is 6.24. The minimum absolute atomic E-state index is 0.199. The Morgan fingerprint density at radius 3 is 2.67 bits per heavy atom. The molecule has 2 rings (SSSR count). The van der Waals surface area contributed by atoms with E-state index in [0.29, 0.717) is 6.42 Å². The maximum Gasteiger partial charge on any atom is 0.323 e. The molecule has 1 atom stereocenters. The topological polar surface area (TPSA) is 38.3 Å². The Hall–Kier alpha value is -1.35. The summed E-state index contributed by atoms with van der Waals surface area (Å²) in [6.07, 6.45) is 8.76. The van der Waals surface area contributed by atoms with Gasteiger partial charge in [0.05, 0.1) is 7.11 Å². The van der Waals surface area contributed by atoms with E-state index >= 15 is 0 Å². The van der Waals surface area contributed by atoms with Gasteiger partial charge >= 0.3 is 5.97 Å². The van der Waals surface area contributed by atoms with E-state index in [0.717, 1.165) is 5.92 Å². The largest absolute Gasteiger partial charge is 0.468 e. The van der Waals surface area contributed by atoms with Crippen LogP contribution in [0.15, 0.2) is 24.3 Å². The standard InChI is InChI=1S/C18H27NO2/c1-19-17(18(20)21-2)13-16-10-6-9-15(12-16)11-14-7-4-3-5-8-14/h6,9-10,12,14,17,19H,3-5,7-8,11,13H2,1-2H3/t17-/m0/s1. The zero-order chi connectivity index (χ0) is 15.1. The zero-order valence-electron chi connectivity index (χ0n) is 13.2. The predicted octanol–water partition coefficient (Wildman–Crippen LogP) is 3.11. The number of benzene rings is 1. The fourth-order valence-corrected chi connectivity index (χ4v) is 3.29. The Bertz CT molecular complexity index is 452. The molecule has 0 spiro atoms. The number of likely N-dealkylation sites (N-methyl/N-ethyl adjacent to an activating group) is 1. The summed E-state index contributed by atoms with van der Waals surface area (Å²) < 4.78 is 4.83. The van der Waals surface area contributed by atoms with Gasteiger partial charge in [-0.05, 0) is 36.9 Å². The molecule has 0 heterocycles. The lowest BCUT2D eigenvalue weighted by atomic mass is 9.84. The molecule has 0 radical (unpaired) electrons. The molecule has 3 nitrogen and oxygen atoms in total. The lowest BCUT2D eigenvalue weighted by Gasteiger charge is -2.22. The van der Waals surface area contributed by atoms with Crippen molar-refractivity contribution in [3.63, 3.8) is 0 Å². The fourth-order valence-electron chi connectivity index (χ4n) is 3.29. The van der Waals surface area contributed by atoms with Crippen LogP contribution in [-0.4, -0.2) is 26.2 Å². The van der Waals surface area contributed by atoms with Crippen molar-refractivity contribution in [3.05, 3.63) is 35.4 Å². The number of hydrogen-bond acceptors (Lipinski definition) is 3. The van der Waals surface area contributed by atoms with Gasteiger partial charge in [-0.1, -0.05) is 56.4 Å². The molecule has 1 saturated carbocycles. The summed E-state index contributed by atoms with van der Waals surface area (Å²) >= 11 is 0. The van der Waals surface area contributed by atoms with Crippen LogP contribution in [0.25, 0.3) is 0 Å². The number of carbonyl (C=O) groups is 1. The van der Waals surface area contributed by atoms with Crippen LogP contribution in [0.3, 0.4) is 0 Å². The molecule has 0 saturated heterocycles. The summed E-state index contributed by atoms with van der Waals surface area (Å²) in [5, 5.41) is 3.03. The summed E-state index contributed by atoms with van der Waals surface area (Å²) in [6.45, 7) is 0. The summed E-state index contributed by atoms with van der Waals surface area (Å²) in [6, 6.07) is 8.40. The second kappa shape index (κ2) is 8.18. The van der Waals surface area contributed by atoms with Crippen LogP contribution in [0, 0.1) is 5.92 Å². The van der Waals surface area contributed by atoms with Gasteiger partial charge in [-0.2, -0.15) is 0 Å². The smallest absolute Gasteiger partial charge is 0.323 e. The number of nitrogens with one attached hydrogen (secondary N) is 1. The van der Waals surface area contributed by atoms with Crippen LogP contribution in [0.5, 0.6) is 0 Å². The van der Waals surface area contributed by atoms with Gasteiger partial charge in [0.1, 0.15) is 6.04 Å². The highest BCUT2D eigenvalue weighted by Crippen LogP contribution is 2.27. The van der Waals surface area contributed by atoms with Crippen molar-refractivity contribution < 1.29 is 9.53 Å². The number of hydrogen-bond donors (Lipinski definition) is 1. The maximum absolute atomic E-state index is 11.7. The molecule has 1 fully saturated rings. The summed E-state index contributed by atoms with van der Waals surface area (Å²) in [5.74, 6) is 0.643. The van der Waals surface area contributed by atoms with Gasteiger partial charge in [-0.25, -0.2) is 0 Å². The van der Waals surface area contributed by atoms with Crippen molar-refractivity contribution in [2.75, 3.05) is 14.2 Å². The molecule has 0 bridgehead atoms. The van der Waals surface area contributed by atoms with Crippen LogP contribution in [0.4, 0.5) is 0 Å². The van der Waals surface area contributed by atoms with Gasteiger partial charge in [0, 0.05) is 0 Å². The van der Waals surface area contributed by atoms with E-state index in [1.165, 1.54) is 56.8 Å². The highest BCUT2D eigenvalue weighted by Gasteiger charge is 2.18. The first-order valence-electron chi connectivity index (χ1n) is 8.06. The van der Waals surface area contributed by atoms with E-state index in [2.05, 4.69) is 29.6 Å². The number of carbonyl (C=O) groups excluding carboxylic acids is 1. The lowest BCUT2D eigenvalue weighted by molar-refractivity contribution is -0.142. The van der Waals surface area contributed by atoms with Crippen LogP contribution >= 0.6 is 0 Å². The monoisotopic (exact) mass is 289 g/mol. The molecule has 1 aliphatic rings. The molecule has 3 heteroatoms. The van der Waals surface area contributed by atoms with Crippen LogP contribution < -0.4 is 5.32 Å². The average Bonchev–Trinajstić information content (AvgIpc) is 2.53. The molecule has 0 aromatic heterocycles. The first-order valence-corrected chi connectivity index (χ1v) is 8.06. The molecule has 1 aliphatic carbocycles. The molecular formula is C18H27NO2. The van der Waals surface area contributed by atoms with E-state index in [-0.39, 0.29) is 12.0 Å². The minimum Gasteiger partial charge on any atom is -0.468 e. The third kappa shape index (κ3) is 4.85. The van der Waals surface area contributed by atoms with Gasteiger partial charge in [0.25, 0.3) is 0 Å². The lowest BCUT2D eigenvalue weighted by Crippen LogP contribution is -2.36. The van der Waals surface area contributed by atoms with Gasteiger partial charge in [0.2, 0.25) is 0 Å². The van der Waals surface area contributed by atoms with Crippen molar-refractivity contribution >= 4 is 5.97 Å². The van der Waals surface area contributed by atoms with Crippen molar-refractivity contribution in [1.29, 1.82) is 0 Å². The molecule has 1 aromatic rings. The first kappa shape index (κ1) is 16.0. The van der Waals surface area contributed by atoms with E-state index < -0.39 is 0 Å². The fraction of sp³-hybridized carbons (Fsp3) is 0.611. The van der Waals surface area contributed by atoms with E-state index in [4.69, 9.17) is 4.74 Å². The number of ether oxygens (including phenoxy) is 1. The van der Waals surface area contributed by atoms with Crippen LogP contribution in [0.2, 0.25) is 0 Å². The normalized spacial score (nSPS) is 17.4.